The lowest BCUT2D eigenvalue weighted by atomic mass is 10.0. The standard InChI is InChI=1S/C21H24N4O2.ClH/c1-12(2)19-18-16(11-17(14-5-6-14)24-21(18)27-25-19)20(26)23-10-9-13-3-7-15(22)8-4-13;/h3-4,7-8,11-12,14H,5-6,9-10,22H2,1-2H3,(H,23,26);1H. The molecule has 4 rings (SSSR count). The van der Waals surface area contributed by atoms with Gasteiger partial charge in [0.25, 0.3) is 11.6 Å². The van der Waals surface area contributed by atoms with E-state index in [0.29, 0.717) is 23.7 Å². The molecule has 0 saturated heterocycles. The number of nitrogens with two attached hydrogens (primary N) is 1. The zero-order valence-electron chi connectivity index (χ0n) is 16.1. The predicted octanol–water partition coefficient (Wildman–Crippen LogP) is 4.20. The van der Waals surface area contributed by atoms with Gasteiger partial charge in [0.15, 0.2) is 0 Å². The molecule has 148 valence electrons. The Kier molecular flexibility index (Phi) is 5.89. The van der Waals surface area contributed by atoms with Crippen LogP contribution in [-0.4, -0.2) is 22.6 Å². The first-order valence-electron chi connectivity index (χ1n) is 9.45. The van der Waals surface area contributed by atoms with E-state index in [2.05, 4.69) is 15.5 Å². The number of nitrogen functional groups attached to an aromatic ring is 1. The Labute approximate surface area is 170 Å². The van der Waals surface area contributed by atoms with Crippen LogP contribution in [0.25, 0.3) is 11.1 Å². The number of aromatic nitrogens is 2. The Morgan fingerprint density at radius 3 is 2.64 bits per heavy atom. The first-order chi connectivity index (χ1) is 13.0. The number of hydrogen-bond donors (Lipinski definition) is 2. The first-order valence-corrected chi connectivity index (χ1v) is 9.45. The van der Waals surface area contributed by atoms with E-state index in [4.69, 9.17) is 10.3 Å². The summed E-state index contributed by atoms with van der Waals surface area (Å²) in [5, 5.41) is 7.93. The average Bonchev–Trinajstić information content (AvgIpc) is 3.41. The van der Waals surface area contributed by atoms with Crippen LogP contribution in [0.15, 0.2) is 34.9 Å². The lowest BCUT2D eigenvalue weighted by Gasteiger charge is -2.09. The molecule has 1 aromatic carbocycles. The second-order valence-corrected chi connectivity index (χ2v) is 7.52. The predicted molar refractivity (Wildman–Crippen MR) is 112 cm³/mol. The number of fused-ring (bicyclic) bond motifs is 1. The van der Waals surface area contributed by atoms with Crippen molar-refractivity contribution in [3.05, 3.63) is 52.8 Å². The molecular formula is C21H25ClN4O2. The summed E-state index contributed by atoms with van der Waals surface area (Å²) in [7, 11) is 0. The fraction of sp³-hybridized carbons (Fsp3) is 0.381. The number of benzene rings is 1. The average molecular weight is 401 g/mol. The van der Waals surface area contributed by atoms with Crippen molar-refractivity contribution in [1.29, 1.82) is 0 Å². The molecule has 3 N–H and O–H groups in total. The third-order valence-electron chi connectivity index (χ3n) is 4.96. The van der Waals surface area contributed by atoms with Gasteiger partial charge >= 0.3 is 0 Å². The molecule has 3 aromatic rings. The van der Waals surface area contributed by atoms with Crippen molar-refractivity contribution in [3.63, 3.8) is 0 Å². The fourth-order valence-electron chi connectivity index (χ4n) is 3.25. The maximum atomic E-state index is 12.9. The van der Waals surface area contributed by atoms with E-state index in [1.807, 2.05) is 44.2 Å². The van der Waals surface area contributed by atoms with Gasteiger partial charge in [-0.1, -0.05) is 31.1 Å². The van der Waals surface area contributed by atoms with Crippen LogP contribution >= 0.6 is 12.4 Å². The van der Waals surface area contributed by atoms with Gasteiger partial charge in [0.1, 0.15) is 0 Å². The van der Waals surface area contributed by atoms with Gasteiger partial charge in [-0.25, -0.2) is 4.98 Å². The summed E-state index contributed by atoms with van der Waals surface area (Å²) in [5.41, 5.74) is 10.4. The number of amides is 1. The highest BCUT2D eigenvalue weighted by Gasteiger charge is 2.29. The summed E-state index contributed by atoms with van der Waals surface area (Å²) in [6, 6.07) is 9.62. The number of anilines is 1. The molecule has 2 heterocycles. The van der Waals surface area contributed by atoms with Crippen LogP contribution in [0.2, 0.25) is 0 Å². The van der Waals surface area contributed by atoms with Crippen molar-refractivity contribution in [2.24, 2.45) is 0 Å². The maximum Gasteiger partial charge on any atom is 0.259 e. The van der Waals surface area contributed by atoms with Gasteiger partial charge in [-0.05, 0) is 48.9 Å². The molecule has 1 fully saturated rings. The van der Waals surface area contributed by atoms with E-state index >= 15 is 0 Å². The first kappa shape index (κ1) is 20.1. The number of pyridine rings is 1. The van der Waals surface area contributed by atoms with E-state index in [1.54, 1.807) is 0 Å². The van der Waals surface area contributed by atoms with Gasteiger partial charge in [-0.3, -0.25) is 4.79 Å². The number of rotatable bonds is 6. The maximum absolute atomic E-state index is 12.9. The lowest BCUT2D eigenvalue weighted by molar-refractivity contribution is 0.0955. The second-order valence-electron chi connectivity index (χ2n) is 7.52. The Morgan fingerprint density at radius 2 is 2.00 bits per heavy atom. The summed E-state index contributed by atoms with van der Waals surface area (Å²) in [6.45, 7) is 4.62. The SMILES string of the molecule is CC(C)c1noc2nc(C3CC3)cc(C(=O)NCCc3ccc(N)cc3)c12.Cl. The summed E-state index contributed by atoms with van der Waals surface area (Å²) in [6.07, 6.45) is 2.97. The third kappa shape index (κ3) is 4.12. The summed E-state index contributed by atoms with van der Waals surface area (Å²) in [5.74, 6) is 0.481. The Bertz CT molecular complexity index is 978. The van der Waals surface area contributed by atoms with E-state index in [1.165, 1.54) is 0 Å². The topological polar surface area (TPSA) is 94.0 Å². The molecule has 7 heteroatoms. The number of carbonyl (C=O) groups is 1. The van der Waals surface area contributed by atoms with Gasteiger partial charge < -0.3 is 15.6 Å². The van der Waals surface area contributed by atoms with Gasteiger partial charge in [0.05, 0.1) is 16.6 Å². The molecule has 1 aliphatic rings. The largest absolute Gasteiger partial charge is 0.399 e. The molecule has 6 nitrogen and oxygen atoms in total. The van der Waals surface area contributed by atoms with Crippen LogP contribution < -0.4 is 11.1 Å². The van der Waals surface area contributed by atoms with Crippen LogP contribution in [-0.2, 0) is 6.42 Å². The van der Waals surface area contributed by atoms with Crippen LogP contribution in [0.5, 0.6) is 0 Å². The van der Waals surface area contributed by atoms with Crippen molar-refractivity contribution in [2.45, 2.75) is 44.9 Å². The fourth-order valence-corrected chi connectivity index (χ4v) is 3.25. The monoisotopic (exact) mass is 400 g/mol. The Hall–Kier alpha value is -2.60. The third-order valence-corrected chi connectivity index (χ3v) is 4.96. The van der Waals surface area contributed by atoms with Gasteiger partial charge in [0.2, 0.25) is 0 Å². The molecule has 1 amide bonds. The van der Waals surface area contributed by atoms with E-state index in [-0.39, 0.29) is 24.2 Å². The molecule has 0 radical (unpaired) electrons. The van der Waals surface area contributed by atoms with E-state index in [9.17, 15) is 4.79 Å². The molecule has 1 saturated carbocycles. The molecule has 28 heavy (non-hydrogen) atoms. The van der Waals surface area contributed by atoms with E-state index in [0.717, 1.165) is 47.3 Å². The molecule has 0 spiro atoms. The highest BCUT2D eigenvalue weighted by Crippen LogP contribution is 2.41. The molecule has 0 atom stereocenters. The van der Waals surface area contributed by atoms with Gasteiger partial charge in [0, 0.05) is 23.8 Å². The van der Waals surface area contributed by atoms with Gasteiger partial charge in [-0.15, -0.1) is 12.4 Å². The zero-order valence-corrected chi connectivity index (χ0v) is 16.9. The molecule has 0 unspecified atom stereocenters. The summed E-state index contributed by atoms with van der Waals surface area (Å²) in [4.78, 5) is 17.5. The summed E-state index contributed by atoms with van der Waals surface area (Å²) < 4.78 is 5.45. The van der Waals surface area contributed by atoms with Gasteiger partial charge in [-0.2, -0.15) is 0 Å². The Morgan fingerprint density at radius 1 is 1.29 bits per heavy atom. The summed E-state index contributed by atoms with van der Waals surface area (Å²) >= 11 is 0. The zero-order chi connectivity index (χ0) is 19.0. The minimum absolute atomic E-state index is 0. The molecule has 0 bridgehead atoms. The number of carbonyl (C=O) groups excluding carboxylic acids is 1. The normalized spacial score (nSPS) is 13.5. The van der Waals surface area contributed by atoms with Crippen molar-refractivity contribution in [3.8, 4) is 0 Å². The van der Waals surface area contributed by atoms with Crippen molar-refractivity contribution in [2.75, 3.05) is 12.3 Å². The van der Waals surface area contributed by atoms with Crippen molar-refractivity contribution >= 4 is 35.1 Å². The lowest BCUT2D eigenvalue weighted by Crippen LogP contribution is -2.26. The minimum Gasteiger partial charge on any atom is -0.399 e. The molecule has 0 aliphatic heterocycles. The van der Waals surface area contributed by atoms with Crippen LogP contribution in [0, 0.1) is 0 Å². The number of hydrogen-bond acceptors (Lipinski definition) is 5. The van der Waals surface area contributed by atoms with Crippen molar-refractivity contribution < 1.29 is 9.32 Å². The smallest absolute Gasteiger partial charge is 0.259 e. The highest BCUT2D eigenvalue weighted by molar-refractivity contribution is 6.06. The quantitative estimate of drug-likeness (QED) is 0.604. The van der Waals surface area contributed by atoms with E-state index < -0.39 is 0 Å². The van der Waals surface area contributed by atoms with Crippen LogP contribution in [0.3, 0.4) is 0 Å². The Balaban J connectivity index is 0.00000225. The number of halogens is 1. The van der Waals surface area contributed by atoms with Crippen LogP contribution in [0.4, 0.5) is 5.69 Å². The second kappa shape index (κ2) is 8.19. The number of nitrogens with one attached hydrogen (secondary N) is 1. The number of nitrogens with zero attached hydrogens (tertiary/aromatic N) is 2. The molecule has 1 aliphatic carbocycles. The van der Waals surface area contributed by atoms with Crippen molar-refractivity contribution in [1.82, 2.24) is 15.5 Å². The molecule has 2 aromatic heterocycles. The van der Waals surface area contributed by atoms with Crippen LogP contribution in [0.1, 0.15) is 65.8 Å². The molecular weight excluding hydrogens is 376 g/mol. The minimum atomic E-state index is -0.107. The highest BCUT2D eigenvalue weighted by atomic mass is 35.5.